The monoisotopic (exact) mass is 301 g/mol. The van der Waals surface area contributed by atoms with Gasteiger partial charge in [-0.3, -0.25) is 4.79 Å². The third-order valence-corrected chi connectivity index (χ3v) is 4.96. The van der Waals surface area contributed by atoms with Gasteiger partial charge in [0.25, 0.3) is 0 Å². The number of piperazine rings is 1. The summed E-state index contributed by atoms with van der Waals surface area (Å²) in [7, 11) is 2.14. The minimum absolute atomic E-state index is 0.198. The summed E-state index contributed by atoms with van der Waals surface area (Å²) in [5, 5.41) is 3.49. The van der Waals surface area contributed by atoms with Crippen LogP contribution in [0.5, 0.6) is 0 Å². The lowest BCUT2D eigenvalue weighted by Crippen LogP contribution is -2.49. The number of rotatable bonds is 4. The van der Waals surface area contributed by atoms with E-state index in [1.54, 1.807) is 0 Å². The maximum atomic E-state index is 12.7. The molecule has 1 N–H and O–H groups in total. The highest BCUT2D eigenvalue weighted by atomic mass is 16.2. The third kappa shape index (κ3) is 3.68. The molecule has 2 fully saturated rings. The van der Waals surface area contributed by atoms with Crippen LogP contribution in [0, 0.1) is 0 Å². The van der Waals surface area contributed by atoms with Gasteiger partial charge < -0.3 is 15.1 Å². The lowest BCUT2D eigenvalue weighted by Gasteiger charge is -2.40. The predicted molar refractivity (Wildman–Crippen MR) is 88.7 cm³/mol. The highest BCUT2D eigenvalue weighted by molar-refractivity contribution is 5.77. The Labute approximate surface area is 133 Å². The summed E-state index contributed by atoms with van der Waals surface area (Å²) < 4.78 is 0. The summed E-state index contributed by atoms with van der Waals surface area (Å²) in [6.07, 6.45) is 4.12. The van der Waals surface area contributed by atoms with Crippen molar-refractivity contribution in [3.05, 3.63) is 35.9 Å². The van der Waals surface area contributed by atoms with Crippen LogP contribution < -0.4 is 5.32 Å². The van der Waals surface area contributed by atoms with Crippen LogP contribution >= 0.6 is 0 Å². The first-order chi connectivity index (χ1) is 10.7. The van der Waals surface area contributed by atoms with Gasteiger partial charge in [0.15, 0.2) is 0 Å². The standard InChI is InChI=1S/C18H27N3O/c1-20-12-13-21(17(14-20)15-6-3-2-4-7-15)18(22)10-9-16-8-5-11-19-16/h2-4,6-7,16-17,19H,5,8-14H2,1H3. The molecule has 0 radical (unpaired) electrons. The molecule has 22 heavy (non-hydrogen) atoms. The van der Waals surface area contributed by atoms with E-state index in [9.17, 15) is 4.79 Å². The number of carbonyl (C=O) groups excluding carboxylic acids is 1. The molecule has 4 nitrogen and oxygen atoms in total. The topological polar surface area (TPSA) is 35.6 Å². The molecule has 2 saturated heterocycles. The average molecular weight is 301 g/mol. The number of hydrogen-bond donors (Lipinski definition) is 1. The second-order valence-electron chi connectivity index (χ2n) is 6.61. The largest absolute Gasteiger partial charge is 0.333 e. The molecule has 0 aromatic heterocycles. The molecule has 120 valence electrons. The Morgan fingerprint density at radius 1 is 1.27 bits per heavy atom. The van der Waals surface area contributed by atoms with Crippen molar-refractivity contribution in [3.8, 4) is 0 Å². The molecule has 0 aliphatic carbocycles. The van der Waals surface area contributed by atoms with E-state index in [0.29, 0.717) is 18.4 Å². The Balaban J connectivity index is 1.65. The van der Waals surface area contributed by atoms with Crippen molar-refractivity contribution in [1.29, 1.82) is 0 Å². The molecule has 2 heterocycles. The van der Waals surface area contributed by atoms with Crippen molar-refractivity contribution >= 4 is 5.91 Å². The molecule has 4 heteroatoms. The summed E-state index contributed by atoms with van der Waals surface area (Å²) in [5.41, 5.74) is 1.25. The van der Waals surface area contributed by atoms with Crippen molar-refractivity contribution in [2.24, 2.45) is 0 Å². The smallest absolute Gasteiger partial charge is 0.223 e. The Morgan fingerprint density at radius 2 is 2.09 bits per heavy atom. The van der Waals surface area contributed by atoms with E-state index in [1.165, 1.54) is 18.4 Å². The van der Waals surface area contributed by atoms with Crippen LogP contribution in [0.4, 0.5) is 0 Å². The molecule has 2 atom stereocenters. The number of amides is 1. The van der Waals surface area contributed by atoms with E-state index in [2.05, 4.69) is 46.4 Å². The molecule has 1 aromatic carbocycles. The molecule has 2 aliphatic rings. The van der Waals surface area contributed by atoms with Crippen LogP contribution in [0.15, 0.2) is 30.3 Å². The molecule has 0 spiro atoms. The second-order valence-corrected chi connectivity index (χ2v) is 6.61. The number of nitrogens with one attached hydrogen (secondary N) is 1. The van der Waals surface area contributed by atoms with Crippen molar-refractivity contribution in [3.63, 3.8) is 0 Å². The average Bonchev–Trinajstić information content (AvgIpc) is 3.07. The zero-order valence-electron chi connectivity index (χ0n) is 13.5. The highest BCUT2D eigenvalue weighted by Gasteiger charge is 2.30. The first-order valence-corrected chi connectivity index (χ1v) is 8.50. The Kier molecular flexibility index (Phi) is 5.11. The number of hydrogen-bond acceptors (Lipinski definition) is 3. The summed E-state index contributed by atoms with van der Waals surface area (Å²) in [5.74, 6) is 0.315. The van der Waals surface area contributed by atoms with E-state index in [4.69, 9.17) is 0 Å². The van der Waals surface area contributed by atoms with Gasteiger partial charge >= 0.3 is 0 Å². The van der Waals surface area contributed by atoms with E-state index < -0.39 is 0 Å². The molecule has 1 amide bonds. The zero-order chi connectivity index (χ0) is 15.4. The van der Waals surface area contributed by atoms with Gasteiger partial charge in [-0.2, -0.15) is 0 Å². The minimum atomic E-state index is 0.198. The fourth-order valence-electron chi connectivity index (χ4n) is 3.62. The van der Waals surface area contributed by atoms with Crippen molar-refractivity contribution in [2.45, 2.75) is 37.8 Å². The van der Waals surface area contributed by atoms with Crippen molar-refractivity contribution in [1.82, 2.24) is 15.1 Å². The fraction of sp³-hybridized carbons (Fsp3) is 0.611. The highest BCUT2D eigenvalue weighted by Crippen LogP contribution is 2.26. The van der Waals surface area contributed by atoms with Gasteiger partial charge in [-0.25, -0.2) is 0 Å². The quantitative estimate of drug-likeness (QED) is 0.924. The maximum Gasteiger partial charge on any atom is 0.223 e. The molecular weight excluding hydrogens is 274 g/mol. The van der Waals surface area contributed by atoms with Crippen LogP contribution in [0.3, 0.4) is 0 Å². The first kappa shape index (κ1) is 15.5. The molecule has 1 aromatic rings. The normalized spacial score (nSPS) is 26.3. The van der Waals surface area contributed by atoms with Gasteiger partial charge in [0.2, 0.25) is 5.91 Å². The van der Waals surface area contributed by atoms with Gasteiger partial charge in [-0.15, -0.1) is 0 Å². The van der Waals surface area contributed by atoms with Crippen LogP contribution in [0.25, 0.3) is 0 Å². The summed E-state index contributed by atoms with van der Waals surface area (Å²) >= 11 is 0. The molecule has 0 saturated carbocycles. The van der Waals surface area contributed by atoms with E-state index in [1.807, 2.05) is 6.07 Å². The Hall–Kier alpha value is -1.39. The predicted octanol–water partition coefficient (Wildman–Crippen LogP) is 2.03. The van der Waals surface area contributed by atoms with Crippen LogP contribution in [-0.2, 0) is 4.79 Å². The second kappa shape index (κ2) is 7.25. The van der Waals surface area contributed by atoms with Crippen LogP contribution in [-0.4, -0.2) is 55.0 Å². The van der Waals surface area contributed by atoms with E-state index in [-0.39, 0.29) is 6.04 Å². The summed E-state index contributed by atoms with van der Waals surface area (Å²) in [6, 6.07) is 11.2. The van der Waals surface area contributed by atoms with Gasteiger partial charge in [-0.1, -0.05) is 30.3 Å². The number of carbonyl (C=O) groups is 1. The van der Waals surface area contributed by atoms with Gasteiger partial charge in [0.1, 0.15) is 0 Å². The van der Waals surface area contributed by atoms with E-state index >= 15 is 0 Å². The lowest BCUT2D eigenvalue weighted by atomic mass is 10.0. The fourth-order valence-corrected chi connectivity index (χ4v) is 3.62. The maximum absolute atomic E-state index is 12.7. The third-order valence-electron chi connectivity index (χ3n) is 4.96. The molecule has 0 bridgehead atoms. The van der Waals surface area contributed by atoms with Crippen molar-refractivity contribution < 1.29 is 4.79 Å². The van der Waals surface area contributed by atoms with Gasteiger partial charge in [-0.05, 0) is 38.4 Å². The van der Waals surface area contributed by atoms with Gasteiger partial charge in [0.05, 0.1) is 6.04 Å². The SMILES string of the molecule is CN1CCN(C(=O)CCC2CCCN2)C(c2ccccc2)C1. The lowest BCUT2D eigenvalue weighted by molar-refractivity contribution is -0.136. The van der Waals surface area contributed by atoms with Crippen LogP contribution in [0.2, 0.25) is 0 Å². The van der Waals surface area contributed by atoms with Gasteiger partial charge in [0, 0.05) is 32.1 Å². The molecule has 3 rings (SSSR count). The van der Waals surface area contributed by atoms with E-state index in [0.717, 1.165) is 32.6 Å². The Bertz CT molecular complexity index is 484. The molecular formula is C18H27N3O. The zero-order valence-corrected chi connectivity index (χ0v) is 13.5. The Morgan fingerprint density at radius 3 is 2.82 bits per heavy atom. The first-order valence-electron chi connectivity index (χ1n) is 8.50. The van der Waals surface area contributed by atoms with Crippen LogP contribution in [0.1, 0.15) is 37.3 Å². The molecule has 2 unspecified atom stereocenters. The number of nitrogens with zero attached hydrogens (tertiary/aromatic N) is 2. The summed E-state index contributed by atoms with van der Waals surface area (Å²) in [4.78, 5) is 17.1. The van der Waals surface area contributed by atoms with Crippen molar-refractivity contribution in [2.75, 3.05) is 33.2 Å². The molecule has 2 aliphatic heterocycles. The number of likely N-dealkylation sites (N-methyl/N-ethyl adjacent to an activating group) is 1. The summed E-state index contributed by atoms with van der Waals surface area (Å²) in [6.45, 7) is 3.85. The minimum Gasteiger partial charge on any atom is -0.333 e. The number of benzene rings is 1.